The number of para-hydroxylation sites is 1. The number of rotatable bonds is 2. The summed E-state index contributed by atoms with van der Waals surface area (Å²) >= 11 is 7.70. The lowest BCUT2D eigenvalue weighted by molar-refractivity contribution is 0.128. The van der Waals surface area contributed by atoms with Gasteiger partial charge in [0.1, 0.15) is 16.1 Å². The average Bonchev–Trinajstić information content (AvgIpc) is 3.18. The van der Waals surface area contributed by atoms with E-state index in [-0.39, 0.29) is 11.2 Å². The fourth-order valence-corrected chi connectivity index (χ4v) is 5.38. The molecule has 4 aromatic rings. The average molecular weight is 454 g/mol. The number of aromatic nitrogens is 1. The van der Waals surface area contributed by atoms with Gasteiger partial charge in [0.15, 0.2) is 0 Å². The topological polar surface area (TPSA) is 49.6 Å². The Kier molecular flexibility index (Phi) is 5.04. The number of halogens is 1. The molecule has 0 N–H and O–H groups in total. The zero-order valence-corrected chi connectivity index (χ0v) is 19.4. The lowest BCUT2D eigenvalue weighted by Crippen LogP contribution is -2.53. The van der Waals surface area contributed by atoms with Gasteiger partial charge in [-0.2, -0.15) is 0 Å². The first-order chi connectivity index (χ1) is 14.8. The Morgan fingerprint density at radius 2 is 1.84 bits per heavy atom. The number of hydrogen-bond acceptors (Lipinski definition) is 6. The smallest absolute Gasteiger partial charge is 0.346 e. The molecule has 0 atom stereocenters. The Morgan fingerprint density at radius 3 is 2.55 bits per heavy atom. The summed E-state index contributed by atoms with van der Waals surface area (Å²) in [5, 5.41) is 2.10. The SMILES string of the molecule is CC(C)(C)N1CCN(c2ccc3cc(-c4nc5c(Cl)cccc5s4)c(=O)oc3c2)CC1. The van der Waals surface area contributed by atoms with Crippen molar-refractivity contribution < 1.29 is 4.42 Å². The molecule has 160 valence electrons. The number of anilines is 1. The third-order valence-corrected chi connectivity index (χ3v) is 7.27. The molecule has 31 heavy (non-hydrogen) atoms. The lowest BCUT2D eigenvalue weighted by atomic mass is 10.0. The van der Waals surface area contributed by atoms with Crippen LogP contribution in [0.4, 0.5) is 5.69 Å². The molecule has 1 aliphatic heterocycles. The van der Waals surface area contributed by atoms with Crippen LogP contribution in [0.15, 0.2) is 51.7 Å². The number of benzene rings is 2. The predicted octanol–water partition coefficient (Wildman–Crippen LogP) is 5.64. The van der Waals surface area contributed by atoms with Crippen molar-refractivity contribution in [3.8, 4) is 10.6 Å². The first kappa shape index (κ1) is 20.5. The summed E-state index contributed by atoms with van der Waals surface area (Å²) in [5.74, 6) is 0. The standard InChI is InChI=1S/C24H24ClN3O2S/c1-24(2,3)28-11-9-27(10-12-28)16-8-7-15-13-17(23(29)30-19(15)14-16)22-26-21-18(25)5-4-6-20(21)31-22/h4-8,13-14H,9-12H2,1-3H3. The van der Waals surface area contributed by atoms with Crippen LogP contribution in [0.1, 0.15) is 20.8 Å². The largest absolute Gasteiger partial charge is 0.422 e. The maximum Gasteiger partial charge on any atom is 0.346 e. The van der Waals surface area contributed by atoms with Crippen LogP contribution in [0.2, 0.25) is 5.02 Å². The fourth-order valence-electron chi connectivity index (χ4n) is 4.11. The van der Waals surface area contributed by atoms with Gasteiger partial charge in [0.2, 0.25) is 0 Å². The van der Waals surface area contributed by atoms with E-state index < -0.39 is 0 Å². The number of piperazine rings is 1. The molecule has 0 spiro atoms. The van der Waals surface area contributed by atoms with Gasteiger partial charge in [-0.05, 0) is 51.1 Å². The molecule has 0 saturated carbocycles. The van der Waals surface area contributed by atoms with Crippen molar-refractivity contribution in [3.63, 3.8) is 0 Å². The molecule has 0 bridgehead atoms. The molecule has 3 heterocycles. The maximum atomic E-state index is 12.8. The van der Waals surface area contributed by atoms with Crippen LogP contribution in [-0.2, 0) is 0 Å². The van der Waals surface area contributed by atoms with Gasteiger partial charge < -0.3 is 9.32 Å². The van der Waals surface area contributed by atoms with E-state index in [1.54, 1.807) is 6.07 Å². The third kappa shape index (κ3) is 3.84. The Morgan fingerprint density at radius 1 is 1.06 bits per heavy atom. The number of hydrogen-bond donors (Lipinski definition) is 0. The van der Waals surface area contributed by atoms with Crippen LogP contribution < -0.4 is 10.5 Å². The highest BCUT2D eigenvalue weighted by molar-refractivity contribution is 7.21. The Balaban J connectivity index is 1.46. The van der Waals surface area contributed by atoms with E-state index >= 15 is 0 Å². The molecule has 1 aliphatic rings. The van der Waals surface area contributed by atoms with Crippen molar-refractivity contribution in [2.45, 2.75) is 26.3 Å². The van der Waals surface area contributed by atoms with E-state index in [2.05, 4.69) is 41.6 Å². The van der Waals surface area contributed by atoms with E-state index in [1.165, 1.54) is 11.3 Å². The molecular formula is C24H24ClN3O2S. The minimum atomic E-state index is -0.377. The summed E-state index contributed by atoms with van der Waals surface area (Å²) in [6.07, 6.45) is 0. The fraction of sp³-hybridized carbons (Fsp3) is 0.333. The third-order valence-electron chi connectivity index (χ3n) is 5.91. The van der Waals surface area contributed by atoms with Gasteiger partial charge in [-0.1, -0.05) is 17.7 Å². The molecule has 2 aromatic carbocycles. The van der Waals surface area contributed by atoms with Crippen molar-refractivity contribution in [1.29, 1.82) is 0 Å². The van der Waals surface area contributed by atoms with Crippen molar-refractivity contribution in [1.82, 2.24) is 9.88 Å². The summed E-state index contributed by atoms with van der Waals surface area (Å²) in [7, 11) is 0. The zero-order chi connectivity index (χ0) is 21.8. The second kappa shape index (κ2) is 7.62. The summed E-state index contributed by atoms with van der Waals surface area (Å²) in [4.78, 5) is 22.2. The first-order valence-electron chi connectivity index (χ1n) is 10.4. The molecular weight excluding hydrogens is 430 g/mol. The van der Waals surface area contributed by atoms with Crippen LogP contribution in [0.5, 0.6) is 0 Å². The highest BCUT2D eigenvalue weighted by Crippen LogP contribution is 2.34. The van der Waals surface area contributed by atoms with Crippen molar-refractivity contribution >= 4 is 49.8 Å². The molecule has 7 heteroatoms. The first-order valence-corrected chi connectivity index (χ1v) is 11.6. The van der Waals surface area contributed by atoms with Gasteiger partial charge in [0.25, 0.3) is 0 Å². The monoisotopic (exact) mass is 453 g/mol. The van der Waals surface area contributed by atoms with E-state index in [0.717, 1.165) is 42.0 Å². The van der Waals surface area contributed by atoms with E-state index in [0.29, 0.717) is 26.7 Å². The van der Waals surface area contributed by atoms with Crippen LogP contribution in [0.25, 0.3) is 31.8 Å². The number of fused-ring (bicyclic) bond motifs is 2. The Hall–Kier alpha value is -2.41. The van der Waals surface area contributed by atoms with E-state index in [4.69, 9.17) is 16.0 Å². The molecule has 0 amide bonds. The Labute approximate surface area is 189 Å². The van der Waals surface area contributed by atoms with Gasteiger partial charge in [0.05, 0.1) is 15.3 Å². The van der Waals surface area contributed by atoms with E-state index in [1.807, 2.05) is 30.3 Å². The van der Waals surface area contributed by atoms with Gasteiger partial charge in [-0.25, -0.2) is 9.78 Å². The summed E-state index contributed by atoms with van der Waals surface area (Å²) < 4.78 is 6.67. The molecule has 5 rings (SSSR count). The zero-order valence-electron chi connectivity index (χ0n) is 17.8. The van der Waals surface area contributed by atoms with Gasteiger partial charge in [-0.15, -0.1) is 11.3 Å². The van der Waals surface area contributed by atoms with Crippen LogP contribution >= 0.6 is 22.9 Å². The minimum absolute atomic E-state index is 0.184. The Bertz CT molecular complexity index is 1330. The quantitative estimate of drug-likeness (QED) is 0.367. The van der Waals surface area contributed by atoms with Gasteiger partial charge >= 0.3 is 5.63 Å². The molecule has 0 radical (unpaired) electrons. The second-order valence-corrected chi connectivity index (χ2v) is 10.4. The summed E-state index contributed by atoms with van der Waals surface area (Å²) in [6.45, 7) is 10.7. The van der Waals surface area contributed by atoms with Crippen LogP contribution in [0, 0.1) is 0 Å². The normalized spacial score (nSPS) is 15.8. The molecule has 0 aliphatic carbocycles. The van der Waals surface area contributed by atoms with Crippen molar-refractivity contribution in [3.05, 3.63) is 57.9 Å². The van der Waals surface area contributed by atoms with Gasteiger partial charge in [-0.3, -0.25) is 4.90 Å². The second-order valence-electron chi connectivity index (χ2n) is 8.92. The number of nitrogens with zero attached hydrogens (tertiary/aromatic N) is 3. The minimum Gasteiger partial charge on any atom is -0.422 e. The highest BCUT2D eigenvalue weighted by Gasteiger charge is 2.26. The van der Waals surface area contributed by atoms with Crippen molar-refractivity contribution in [2.75, 3.05) is 31.1 Å². The van der Waals surface area contributed by atoms with Crippen LogP contribution in [0.3, 0.4) is 0 Å². The summed E-state index contributed by atoms with van der Waals surface area (Å²) in [6, 6.07) is 13.6. The van der Waals surface area contributed by atoms with E-state index in [9.17, 15) is 4.79 Å². The predicted molar refractivity (Wildman–Crippen MR) is 130 cm³/mol. The van der Waals surface area contributed by atoms with Crippen LogP contribution in [-0.4, -0.2) is 41.6 Å². The maximum absolute atomic E-state index is 12.8. The molecule has 2 aromatic heterocycles. The number of thiazole rings is 1. The molecule has 0 unspecified atom stereocenters. The van der Waals surface area contributed by atoms with Crippen molar-refractivity contribution in [2.24, 2.45) is 0 Å². The lowest BCUT2D eigenvalue weighted by Gasteiger charge is -2.43. The summed E-state index contributed by atoms with van der Waals surface area (Å²) in [5.41, 5.74) is 2.68. The van der Waals surface area contributed by atoms with Gasteiger partial charge in [0, 0.05) is 48.9 Å². The molecule has 1 fully saturated rings. The molecule has 5 nitrogen and oxygen atoms in total. The molecule has 1 saturated heterocycles. The highest BCUT2D eigenvalue weighted by atomic mass is 35.5.